The predicted molar refractivity (Wildman–Crippen MR) is 70.9 cm³/mol. The van der Waals surface area contributed by atoms with Crippen LogP contribution >= 0.6 is 0 Å². The zero-order valence-electron chi connectivity index (χ0n) is 10.5. The largest absolute Gasteiger partial charge is 0.593 e. The van der Waals surface area contributed by atoms with Crippen molar-refractivity contribution in [1.82, 2.24) is 9.62 Å². The van der Waals surface area contributed by atoms with Crippen LogP contribution in [0.25, 0.3) is 0 Å². The highest BCUT2D eigenvalue weighted by molar-refractivity contribution is 7.89. The maximum absolute atomic E-state index is 12.6. The molecule has 3 rings (SSSR count). The lowest BCUT2D eigenvalue weighted by atomic mass is 10.2. The van der Waals surface area contributed by atoms with Crippen LogP contribution in [-0.2, 0) is 11.4 Å². The van der Waals surface area contributed by atoms with Crippen molar-refractivity contribution in [2.75, 3.05) is 20.2 Å². The highest BCUT2D eigenvalue weighted by Gasteiger charge is 2.44. The van der Waals surface area contributed by atoms with Gasteiger partial charge >= 0.3 is 0 Å². The third-order valence-electron chi connectivity index (χ3n) is 3.77. The number of nitrogens with zero attached hydrogens (tertiary/aromatic N) is 1. The van der Waals surface area contributed by atoms with Crippen LogP contribution in [0.2, 0.25) is 0 Å². The van der Waals surface area contributed by atoms with E-state index >= 15 is 0 Å². The summed E-state index contributed by atoms with van der Waals surface area (Å²) in [6, 6.07) is 8.39. The van der Waals surface area contributed by atoms with E-state index in [9.17, 15) is 4.55 Å². The molecule has 0 aromatic heterocycles. The van der Waals surface area contributed by atoms with Crippen LogP contribution in [0, 0.1) is 0 Å². The van der Waals surface area contributed by atoms with Crippen molar-refractivity contribution in [3.63, 3.8) is 0 Å². The predicted octanol–water partition coefficient (Wildman–Crippen LogP) is 1.15. The number of hydrogen-bond donors (Lipinski definition) is 1. The molecule has 3 unspecified atom stereocenters. The van der Waals surface area contributed by atoms with Crippen LogP contribution in [0.1, 0.15) is 12.8 Å². The van der Waals surface area contributed by atoms with Crippen molar-refractivity contribution in [2.45, 2.75) is 29.8 Å². The lowest BCUT2D eigenvalue weighted by molar-refractivity contribution is 0.263. The summed E-state index contributed by atoms with van der Waals surface area (Å²) in [4.78, 5) is 0.870. The first-order chi connectivity index (χ1) is 8.79. The fraction of sp³-hybridized carbons (Fsp3) is 0.538. The minimum absolute atomic E-state index is 0.423. The Morgan fingerprint density at radius 1 is 1.22 bits per heavy atom. The molecule has 0 aliphatic carbocycles. The topological polar surface area (TPSA) is 47.6 Å². The van der Waals surface area contributed by atoms with E-state index in [4.69, 9.17) is 4.74 Å². The van der Waals surface area contributed by atoms with Gasteiger partial charge in [0, 0.05) is 13.1 Å². The summed E-state index contributed by atoms with van der Waals surface area (Å²) in [5.74, 6) is 0.805. The van der Waals surface area contributed by atoms with Crippen LogP contribution in [0.4, 0.5) is 0 Å². The molecule has 2 aliphatic rings. The van der Waals surface area contributed by atoms with E-state index in [-0.39, 0.29) is 0 Å². The zero-order valence-corrected chi connectivity index (χ0v) is 11.3. The number of benzene rings is 1. The Kier molecular flexibility index (Phi) is 3.48. The third-order valence-corrected chi connectivity index (χ3v) is 5.42. The van der Waals surface area contributed by atoms with Gasteiger partial charge in [-0.1, -0.05) is 0 Å². The van der Waals surface area contributed by atoms with Gasteiger partial charge in [0.1, 0.15) is 5.75 Å². The minimum atomic E-state index is -1.04. The molecule has 4 nitrogen and oxygen atoms in total. The van der Waals surface area contributed by atoms with Gasteiger partial charge in [0.05, 0.1) is 30.6 Å². The number of ether oxygens (including phenoxy) is 1. The average molecular weight is 266 g/mol. The SMILES string of the molecule is COc1ccc([S+]([O-])N2C3CCC2CNC3)cc1. The van der Waals surface area contributed by atoms with Crippen LogP contribution in [-0.4, -0.2) is 41.1 Å². The summed E-state index contributed by atoms with van der Waals surface area (Å²) in [5, 5.41) is 3.41. The molecule has 0 spiro atoms. The Balaban J connectivity index is 1.79. The van der Waals surface area contributed by atoms with Gasteiger partial charge in [-0.3, -0.25) is 0 Å². The van der Waals surface area contributed by atoms with E-state index in [1.807, 2.05) is 24.3 Å². The molecule has 1 aromatic rings. The fourth-order valence-corrected chi connectivity index (χ4v) is 4.34. The smallest absolute Gasteiger partial charge is 0.174 e. The van der Waals surface area contributed by atoms with Crippen LogP contribution in [0.3, 0.4) is 0 Å². The Hall–Kier alpha value is -0.750. The van der Waals surface area contributed by atoms with Gasteiger partial charge in [-0.05, 0) is 37.1 Å². The standard InChI is InChI=1S/C13H18N2O2S/c1-17-12-4-6-13(7-5-12)18(16)15-10-2-3-11(15)9-14-8-10/h4-7,10-11,14H,2-3,8-9H2,1H3. The number of hydrogen-bond acceptors (Lipinski definition) is 4. The van der Waals surface area contributed by atoms with Gasteiger partial charge < -0.3 is 14.6 Å². The van der Waals surface area contributed by atoms with Crippen LogP contribution in [0.15, 0.2) is 29.2 Å². The molecular weight excluding hydrogens is 248 g/mol. The maximum Gasteiger partial charge on any atom is 0.174 e. The molecule has 2 saturated heterocycles. The van der Waals surface area contributed by atoms with Crippen LogP contribution < -0.4 is 10.1 Å². The molecule has 0 amide bonds. The summed E-state index contributed by atoms with van der Waals surface area (Å²) in [5.41, 5.74) is 0. The highest BCUT2D eigenvalue weighted by Crippen LogP contribution is 2.33. The molecule has 1 N–H and O–H groups in total. The minimum Gasteiger partial charge on any atom is -0.593 e. The fourth-order valence-electron chi connectivity index (χ4n) is 2.82. The van der Waals surface area contributed by atoms with E-state index in [2.05, 4.69) is 9.62 Å². The molecule has 2 bridgehead atoms. The number of nitrogens with one attached hydrogen (secondary N) is 1. The van der Waals surface area contributed by atoms with Gasteiger partial charge in [-0.25, -0.2) is 0 Å². The molecular formula is C13H18N2O2S. The van der Waals surface area contributed by atoms with E-state index < -0.39 is 11.4 Å². The molecule has 0 radical (unpaired) electrons. The van der Waals surface area contributed by atoms with E-state index in [1.54, 1.807) is 7.11 Å². The molecule has 2 heterocycles. The quantitative estimate of drug-likeness (QED) is 0.834. The average Bonchev–Trinajstić information content (AvgIpc) is 2.67. The van der Waals surface area contributed by atoms with E-state index in [0.29, 0.717) is 12.1 Å². The van der Waals surface area contributed by atoms with Crippen molar-refractivity contribution in [1.29, 1.82) is 0 Å². The summed E-state index contributed by atoms with van der Waals surface area (Å²) < 4.78 is 19.9. The lowest BCUT2D eigenvalue weighted by Crippen LogP contribution is -2.53. The molecule has 98 valence electrons. The summed E-state index contributed by atoms with van der Waals surface area (Å²) >= 11 is -1.04. The Morgan fingerprint density at radius 3 is 2.39 bits per heavy atom. The van der Waals surface area contributed by atoms with Gasteiger partial charge in [0.2, 0.25) is 0 Å². The number of fused-ring (bicyclic) bond motifs is 2. The van der Waals surface area contributed by atoms with Gasteiger partial charge in [-0.15, -0.1) is 4.31 Å². The first-order valence-corrected chi connectivity index (χ1v) is 7.45. The first-order valence-electron chi connectivity index (χ1n) is 6.34. The van der Waals surface area contributed by atoms with Gasteiger partial charge in [0.15, 0.2) is 4.90 Å². The van der Waals surface area contributed by atoms with Crippen LogP contribution in [0.5, 0.6) is 5.75 Å². The Morgan fingerprint density at radius 2 is 1.83 bits per heavy atom. The summed E-state index contributed by atoms with van der Waals surface area (Å²) in [6.45, 7) is 1.91. The lowest BCUT2D eigenvalue weighted by Gasteiger charge is -2.34. The van der Waals surface area contributed by atoms with Gasteiger partial charge in [0.25, 0.3) is 0 Å². The number of piperazine rings is 1. The molecule has 5 heteroatoms. The van der Waals surface area contributed by atoms with E-state index in [0.717, 1.165) is 36.6 Å². The Bertz CT molecular complexity index is 396. The Labute approximate surface area is 111 Å². The zero-order chi connectivity index (χ0) is 12.5. The molecule has 2 fully saturated rings. The molecule has 0 saturated carbocycles. The highest BCUT2D eigenvalue weighted by atomic mass is 32.2. The monoisotopic (exact) mass is 266 g/mol. The summed E-state index contributed by atoms with van der Waals surface area (Å²) in [7, 11) is 1.64. The molecule has 18 heavy (non-hydrogen) atoms. The van der Waals surface area contributed by atoms with Crippen molar-refractivity contribution in [3.05, 3.63) is 24.3 Å². The third kappa shape index (κ3) is 2.12. The van der Waals surface area contributed by atoms with Crippen molar-refractivity contribution < 1.29 is 9.29 Å². The van der Waals surface area contributed by atoms with Gasteiger partial charge in [-0.2, -0.15) is 0 Å². The molecule has 3 atom stereocenters. The second-order valence-corrected chi connectivity index (χ2v) is 6.22. The first kappa shape index (κ1) is 12.3. The maximum atomic E-state index is 12.6. The normalized spacial score (nSPS) is 29.2. The number of rotatable bonds is 3. The number of methoxy groups -OCH3 is 1. The molecule has 2 aliphatic heterocycles. The second kappa shape index (κ2) is 5.09. The second-order valence-electron chi connectivity index (χ2n) is 4.83. The van der Waals surface area contributed by atoms with Crippen molar-refractivity contribution >= 4 is 11.4 Å². The van der Waals surface area contributed by atoms with Crippen molar-refractivity contribution in [3.8, 4) is 5.75 Å². The van der Waals surface area contributed by atoms with E-state index in [1.165, 1.54) is 0 Å². The van der Waals surface area contributed by atoms with Crippen molar-refractivity contribution in [2.24, 2.45) is 0 Å². The molecule has 1 aromatic carbocycles. The summed E-state index contributed by atoms with van der Waals surface area (Å²) in [6.07, 6.45) is 2.30.